The first-order valence-electron chi connectivity index (χ1n) is 7.24. The molecule has 8 nitrogen and oxygen atoms in total. The first-order valence-corrected chi connectivity index (χ1v) is 8.12. The molecule has 0 fully saturated rings. The highest BCUT2D eigenvalue weighted by Crippen LogP contribution is 2.24. The Kier molecular flexibility index (Phi) is 4.34. The van der Waals surface area contributed by atoms with Gasteiger partial charge in [0.2, 0.25) is 11.9 Å². The topological polar surface area (TPSA) is 96.8 Å². The van der Waals surface area contributed by atoms with Crippen molar-refractivity contribution in [1.29, 1.82) is 0 Å². The summed E-state index contributed by atoms with van der Waals surface area (Å²) < 4.78 is 1.35. The van der Waals surface area contributed by atoms with E-state index in [0.29, 0.717) is 16.1 Å². The van der Waals surface area contributed by atoms with Crippen molar-refractivity contribution in [3.63, 3.8) is 0 Å². The number of nitrogens with zero attached hydrogens (tertiary/aromatic N) is 5. The molecule has 0 spiro atoms. The predicted molar refractivity (Wildman–Crippen MR) is 91.3 cm³/mol. The maximum atomic E-state index is 12.9. The molecule has 1 N–H and O–H groups in total. The largest absolute Gasteiger partial charge is 0.348 e. The molecule has 0 aliphatic rings. The summed E-state index contributed by atoms with van der Waals surface area (Å²) in [5.74, 6) is 0.205. The summed E-state index contributed by atoms with van der Waals surface area (Å²) in [7, 11) is 3.38. The number of aromatic nitrogens is 5. The van der Waals surface area contributed by atoms with E-state index in [1.165, 1.54) is 27.6 Å². The van der Waals surface area contributed by atoms with Crippen LogP contribution in [0.4, 0.5) is 0 Å². The fraction of sp³-hybridized carbons (Fsp3) is 0.267. The van der Waals surface area contributed by atoms with E-state index in [4.69, 9.17) is 0 Å². The predicted octanol–water partition coefficient (Wildman–Crippen LogP) is 1.07. The van der Waals surface area contributed by atoms with Gasteiger partial charge in [-0.1, -0.05) is 23.9 Å². The van der Waals surface area contributed by atoms with E-state index in [9.17, 15) is 9.59 Å². The number of benzene rings is 1. The molecule has 3 aromatic rings. The van der Waals surface area contributed by atoms with Crippen LogP contribution in [-0.4, -0.2) is 54.9 Å². The lowest BCUT2D eigenvalue weighted by atomic mass is 10.2. The van der Waals surface area contributed by atoms with Crippen LogP contribution in [-0.2, 0) is 4.79 Å². The van der Waals surface area contributed by atoms with Gasteiger partial charge >= 0.3 is 0 Å². The second-order valence-corrected chi connectivity index (χ2v) is 6.66. The van der Waals surface area contributed by atoms with Crippen molar-refractivity contribution in [3.8, 4) is 5.95 Å². The molecule has 0 bridgehead atoms. The zero-order chi connectivity index (χ0) is 17.3. The first kappa shape index (κ1) is 16.2. The molecule has 0 radical (unpaired) electrons. The minimum absolute atomic E-state index is 0.0634. The van der Waals surface area contributed by atoms with E-state index in [1.54, 1.807) is 39.2 Å². The Hall–Kier alpha value is -2.68. The molecule has 0 saturated heterocycles. The molecule has 1 amide bonds. The second kappa shape index (κ2) is 6.44. The van der Waals surface area contributed by atoms with Gasteiger partial charge in [0.25, 0.3) is 5.56 Å². The van der Waals surface area contributed by atoms with Crippen LogP contribution >= 0.6 is 11.8 Å². The van der Waals surface area contributed by atoms with Gasteiger partial charge < -0.3 is 4.90 Å². The van der Waals surface area contributed by atoms with Crippen LogP contribution in [0.25, 0.3) is 16.9 Å². The molecule has 2 aromatic heterocycles. The van der Waals surface area contributed by atoms with Crippen LogP contribution in [0.3, 0.4) is 0 Å². The number of carbonyl (C=O) groups is 1. The van der Waals surface area contributed by atoms with Gasteiger partial charge in [-0.2, -0.15) is 10.1 Å². The third-order valence-corrected chi connectivity index (χ3v) is 4.47. The number of nitrogens with one attached hydrogen (secondary N) is 1. The third kappa shape index (κ3) is 2.90. The smallest absolute Gasteiger partial charge is 0.269 e. The van der Waals surface area contributed by atoms with E-state index < -0.39 is 5.25 Å². The number of hydrogen-bond acceptors (Lipinski definition) is 6. The van der Waals surface area contributed by atoms with E-state index >= 15 is 0 Å². The van der Waals surface area contributed by atoms with E-state index in [0.717, 1.165) is 0 Å². The summed E-state index contributed by atoms with van der Waals surface area (Å²) in [5.41, 5.74) is 0.314. The van der Waals surface area contributed by atoms with Crippen molar-refractivity contribution in [2.24, 2.45) is 0 Å². The summed E-state index contributed by atoms with van der Waals surface area (Å²) in [6.07, 6.45) is 1.32. The second-order valence-electron chi connectivity index (χ2n) is 5.35. The molecule has 1 aromatic carbocycles. The van der Waals surface area contributed by atoms with Crippen LogP contribution in [0.2, 0.25) is 0 Å². The van der Waals surface area contributed by atoms with Gasteiger partial charge in [0.1, 0.15) is 6.33 Å². The summed E-state index contributed by atoms with van der Waals surface area (Å²) in [6.45, 7) is 1.78. The van der Waals surface area contributed by atoms with Gasteiger partial charge in [0.05, 0.1) is 16.2 Å². The highest BCUT2D eigenvalue weighted by Gasteiger charge is 2.22. The van der Waals surface area contributed by atoms with Crippen molar-refractivity contribution in [1.82, 2.24) is 29.6 Å². The van der Waals surface area contributed by atoms with Gasteiger partial charge in [-0.05, 0) is 19.1 Å². The van der Waals surface area contributed by atoms with Crippen molar-refractivity contribution >= 4 is 28.6 Å². The summed E-state index contributed by atoms with van der Waals surface area (Å²) in [6, 6.07) is 7.07. The van der Waals surface area contributed by atoms with Crippen molar-refractivity contribution in [2.75, 3.05) is 14.1 Å². The molecule has 1 atom stereocenters. The van der Waals surface area contributed by atoms with Crippen molar-refractivity contribution in [2.45, 2.75) is 17.3 Å². The molecule has 9 heteroatoms. The number of H-pyrrole nitrogens is 1. The lowest BCUT2D eigenvalue weighted by molar-refractivity contribution is -0.127. The maximum Gasteiger partial charge on any atom is 0.269 e. The molecule has 0 aliphatic heterocycles. The summed E-state index contributed by atoms with van der Waals surface area (Å²) >= 11 is 1.21. The Morgan fingerprint density at radius 1 is 1.33 bits per heavy atom. The maximum absolute atomic E-state index is 12.9. The number of aromatic amines is 1. The van der Waals surface area contributed by atoms with E-state index in [-0.39, 0.29) is 17.4 Å². The molecular weight excluding hydrogens is 328 g/mol. The van der Waals surface area contributed by atoms with Gasteiger partial charge in [0.15, 0.2) is 5.16 Å². The van der Waals surface area contributed by atoms with Gasteiger partial charge in [0, 0.05) is 14.1 Å². The number of hydrogen-bond donors (Lipinski definition) is 1. The Morgan fingerprint density at radius 2 is 2.08 bits per heavy atom. The number of amides is 1. The van der Waals surface area contributed by atoms with Crippen molar-refractivity contribution in [3.05, 3.63) is 40.9 Å². The third-order valence-electron chi connectivity index (χ3n) is 3.43. The minimum Gasteiger partial charge on any atom is -0.348 e. The molecule has 0 unspecified atom stereocenters. The zero-order valence-corrected chi connectivity index (χ0v) is 14.2. The normalized spacial score (nSPS) is 12.3. The van der Waals surface area contributed by atoms with Crippen LogP contribution in [0, 0.1) is 0 Å². The Labute approximate surface area is 141 Å². The average molecular weight is 344 g/mol. The fourth-order valence-electron chi connectivity index (χ4n) is 2.26. The highest BCUT2D eigenvalue weighted by molar-refractivity contribution is 8.00. The SMILES string of the molecule is C[C@H](Sc1nc2ccccc2c(=O)n1-c1ncn[nH]1)C(=O)N(C)C. The molecule has 0 aliphatic carbocycles. The molecule has 124 valence electrons. The lowest BCUT2D eigenvalue weighted by Crippen LogP contribution is -2.31. The molecule has 3 rings (SSSR count). The van der Waals surface area contributed by atoms with Gasteiger partial charge in [-0.3, -0.25) is 9.59 Å². The van der Waals surface area contributed by atoms with Crippen LogP contribution < -0.4 is 5.56 Å². The summed E-state index contributed by atoms with van der Waals surface area (Å²) in [4.78, 5) is 35.1. The molecule has 0 saturated carbocycles. The number of para-hydroxylation sites is 1. The van der Waals surface area contributed by atoms with Gasteiger partial charge in [-0.15, -0.1) is 0 Å². The van der Waals surface area contributed by atoms with Crippen molar-refractivity contribution < 1.29 is 4.79 Å². The molecule has 24 heavy (non-hydrogen) atoms. The molecular formula is C15H16N6O2S. The zero-order valence-electron chi connectivity index (χ0n) is 13.4. The molecule has 2 heterocycles. The average Bonchev–Trinajstić information content (AvgIpc) is 3.08. The first-order chi connectivity index (χ1) is 11.5. The number of rotatable bonds is 4. The highest BCUT2D eigenvalue weighted by atomic mass is 32.2. The van der Waals surface area contributed by atoms with E-state index in [1.807, 2.05) is 6.07 Å². The Balaban J connectivity index is 2.17. The van der Waals surface area contributed by atoms with Gasteiger partial charge in [-0.25, -0.2) is 14.6 Å². The Bertz CT molecular complexity index is 935. The standard InChI is InChI=1S/C15H16N6O2S/c1-9(12(22)20(2)3)24-15-18-11-7-5-4-6-10(11)13(23)21(15)14-16-8-17-19-14/h4-9H,1-3H3,(H,16,17,19)/t9-/m0/s1. The monoisotopic (exact) mass is 344 g/mol. The van der Waals surface area contributed by atoms with Crippen LogP contribution in [0.5, 0.6) is 0 Å². The lowest BCUT2D eigenvalue weighted by Gasteiger charge is -2.17. The van der Waals surface area contributed by atoms with Crippen LogP contribution in [0.1, 0.15) is 6.92 Å². The minimum atomic E-state index is -0.401. The number of fused-ring (bicyclic) bond motifs is 1. The van der Waals surface area contributed by atoms with E-state index in [2.05, 4.69) is 20.2 Å². The number of carbonyl (C=O) groups excluding carboxylic acids is 1. The quantitative estimate of drug-likeness (QED) is 0.562. The van der Waals surface area contributed by atoms with Crippen LogP contribution in [0.15, 0.2) is 40.5 Å². The Morgan fingerprint density at radius 3 is 2.75 bits per heavy atom. The summed E-state index contributed by atoms with van der Waals surface area (Å²) in [5, 5.41) is 6.94. The fourth-order valence-corrected chi connectivity index (χ4v) is 3.31. The number of thioether (sulfide) groups is 1.